The van der Waals surface area contributed by atoms with Crippen LogP contribution in [0.1, 0.15) is 48.9 Å². The predicted molar refractivity (Wildman–Crippen MR) is 164 cm³/mol. The lowest BCUT2D eigenvalue weighted by molar-refractivity contribution is 0.260. The zero-order chi connectivity index (χ0) is 28.6. The molecule has 0 spiro atoms. The fourth-order valence-electron chi connectivity index (χ4n) is 5.12. The highest BCUT2D eigenvalue weighted by Gasteiger charge is 2.39. The van der Waals surface area contributed by atoms with Crippen LogP contribution in [0.25, 0.3) is 10.9 Å². The molecule has 2 aromatic heterocycles. The number of nitrogens with one attached hydrogen (secondary N) is 4. The second kappa shape index (κ2) is 11.1. The molecule has 8 nitrogen and oxygen atoms in total. The minimum absolute atomic E-state index is 0.0283. The summed E-state index contributed by atoms with van der Waals surface area (Å²) >= 11 is 13.4. The number of aromatic nitrogens is 2. The van der Waals surface area contributed by atoms with E-state index in [4.69, 9.17) is 31.0 Å². The van der Waals surface area contributed by atoms with Gasteiger partial charge in [0.05, 0.1) is 39.0 Å². The van der Waals surface area contributed by atoms with E-state index in [9.17, 15) is 5.26 Å². The van der Waals surface area contributed by atoms with Crippen molar-refractivity contribution in [1.29, 1.82) is 5.26 Å². The molecule has 1 fully saturated rings. The maximum Gasteiger partial charge on any atom is 0.134 e. The van der Waals surface area contributed by atoms with Crippen LogP contribution in [0.5, 0.6) is 0 Å². The highest BCUT2D eigenvalue weighted by Crippen LogP contribution is 2.40. The quantitative estimate of drug-likeness (QED) is 0.138. The van der Waals surface area contributed by atoms with E-state index >= 15 is 0 Å². The van der Waals surface area contributed by atoms with Crippen LogP contribution in [0, 0.1) is 11.3 Å². The highest BCUT2D eigenvalue weighted by atomic mass is 35.5. The van der Waals surface area contributed by atoms with Crippen LogP contribution in [0.4, 0.5) is 11.4 Å². The van der Waals surface area contributed by atoms with E-state index in [1.165, 1.54) is 0 Å². The van der Waals surface area contributed by atoms with Crippen LogP contribution < -0.4 is 21.6 Å². The van der Waals surface area contributed by atoms with Crippen molar-refractivity contribution in [2.45, 2.75) is 43.7 Å². The average Bonchev–Trinajstić information content (AvgIpc) is 3.71. The molecule has 3 heterocycles. The number of rotatable bonds is 9. The van der Waals surface area contributed by atoms with Gasteiger partial charge in [-0.15, -0.1) is 5.53 Å². The van der Waals surface area contributed by atoms with Crippen molar-refractivity contribution >= 4 is 53.3 Å². The monoisotopic (exact) mass is 580 g/mol. The van der Waals surface area contributed by atoms with Crippen molar-refractivity contribution < 1.29 is 0 Å². The molecule has 2 radical (unpaired) electrons. The number of nitrogens with zero attached hydrogens (tertiary/aromatic N) is 4. The summed E-state index contributed by atoms with van der Waals surface area (Å²) in [7, 11) is 7.15. The first-order valence-electron chi connectivity index (χ1n) is 13.5. The Kier molecular flexibility index (Phi) is 7.39. The summed E-state index contributed by atoms with van der Waals surface area (Å²) in [6.07, 6.45) is 8.13. The van der Waals surface area contributed by atoms with E-state index < -0.39 is 5.44 Å². The molecule has 6 rings (SSSR count). The van der Waals surface area contributed by atoms with Gasteiger partial charge in [-0.2, -0.15) is 5.26 Å². The van der Waals surface area contributed by atoms with Gasteiger partial charge in [-0.05, 0) is 43.0 Å². The lowest BCUT2D eigenvalue weighted by Crippen LogP contribution is -2.45. The maximum absolute atomic E-state index is 10.0. The Morgan fingerprint density at radius 1 is 1.17 bits per heavy atom. The number of benzene rings is 2. The molecule has 4 aromatic rings. The normalized spacial score (nSPS) is 16.8. The summed E-state index contributed by atoms with van der Waals surface area (Å²) in [5.74, 6) is 0. The van der Waals surface area contributed by atoms with Crippen LogP contribution in [-0.4, -0.2) is 28.9 Å². The van der Waals surface area contributed by atoms with Gasteiger partial charge in [0, 0.05) is 41.3 Å². The summed E-state index contributed by atoms with van der Waals surface area (Å²) in [4.78, 5) is 8.79. The standard InChI is InChI=1S/C30H27BCl2N8/c1-2-25(18-7-4-3-5-8-18)37-27-19(15-34)16-36-28-22(27)13-20(14-24(28)32)38-30(31,23-9-6-12-35-29(23)33)26-17-41(40-39-26)21-10-11-21/h3-9,12-14,16-17,21,25,38-40H,2,10-11H2,1H3,(H,36,37)/t25-,30?/m1/s1. The largest absolute Gasteiger partial charge is 0.378 e. The first-order chi connectivity index (χ1) is 19.9. The van der Waals surface area contributed by atoms with Gasteiger partial charge in [0.1, 0.15) is 19.1 Å². The van der Waals surface area contributed by atoms with E-state index in [0.29, 0.717) is 50.2 Å². The lowest BCUT2D eigenvalue weighted by Gasteiger charge is -2.34. The van der Waals surface area contributed by atoms with Crippen LogP contribution >= 0.6 is 23.2 Å². The summed E-state index contributed by atoms with van der Waals surface area (Å²) in [5.41, 5.74) is 9.70. The van der Waals surface area contributed by atoms with Crippen LogP contribution in [0.15, 0.2) is 78.9 Å². The van der Waals surface area contributed by atoms with Gasteiger partial charge < -0.3 is 16.1 Å². The molecule has 0 saturated heterocycles. The van der Waals surface area contributed by atoms with E-state index in [-0.39, 0.29) is 11.2 Å². The van der Waals surface area contributed by atoms with Crippen molar-refractivity contribution in [2.75, 3.05) is 10.6 Å². The van der Waals surface area contributed by atoms with Crippen LogP contribution in [0.2, 0.25) is 10.2 Å². The Hall–Kier alpha value is -3.97. The maximum atomic E-state index is 10.0. The molecule has 1 aliphatic heterocycles. The predicted octanol–water partition coefficient (Wildman–Crippen LogP) is 6.13. The highest BCUT2D eigenvalue weighted by molar-refractivity contribution is 6.36. The zero-order valence-electron chi connectivity index (χ0n) is 22.3. The smallest absolute Gasteiger partial charge is 0.134 e. The molecule has 1 unspecified atom stereocenters. The van der Waals surface area contributed by atoms with Crippen LogP contribution in [0.3, 0.4) is 0 Å². The minimum Gasteiger partial charge on any atom is -0.378 e. The molecule has 2 aliphatic rings. The topological polar surface area (TPSA) is 101 Å². The summed E-state index contributed by atoms with van der Waals surface area (Å²) < 4.78 is 0. The molecule has 4 N–H and O–H groups in total. The molecule has 41 heavy (non-hydrogen) atoms. The summed E-state index contributed by atoms with van der Waals surface area (Å²) in [6, 6.07) is 20.1. The van der Waals surface area contributed by atoms with Gasteiger partial charge in [0.2, 0.25) is 0 Å². The zero-order valence-corrected chi connectivity index (χ0v) is 23.8. The van der Waals surface area contributed by atoms with Gasteiger partial charge in [-0.1, -0.05) is 66.5 Å². The Balaban J connectivity index is 1.45. The number of fused-ring (bicyclic) bond motifs is 1. The fraction of sp³-hybridized carbons (Fsp3) is 0.233. The van der Waals surface area contributed by atoms with E-state index in [2.05, 4.69) is 56.7 Å². The molecule has 2 atom stereocenters. The second-order valence-electron chi connectivity index (χ2n) is 10.2. The first-order valence-corrected chi connectivity index (χ1v) is 14.2. The molecule has 1 aliphatic carbocycles. The fourth-order valence-corrected chi connectivity index (χ4v) is 5.66. The first kappa shape index (κ1) is 27.2. The number of hydrogen-bond donors (Lipinski definition) is 4. The number of anilines is 2. The molecule has 204 valence electrons. The third-order valence-electron chi connectivity index (χ3n) is 7.45. The average molecular weight is 581 g/mol. The van der Waals surface area contributed by atoms with Crippen molar-refractivity contribution in [1.82, 2.24) is 25.9 Å². The van der Waals surface area contributed by atoms with Gasteiger partial charge >= 0.3 is 0 Å². The number of pyridine rings is 2. The molecule has 0 amide bonds. The number of halogens is 2. The number of hydrogen-bond acceptors (Lipinski definition) is 8. The van der Waals surface area contributed by atoms with Gasteiger partial charge in [0.15, 0.2) is 0 Å². The lowest BCUT2D eigenvalue weighted by atomic mass is 9.70. The second-order valence-corrected chi connectivity index (χ2v) is 11.0. The van der Waals surface area contributed by atoms with Crippen molar-refractivity contribution in [3.05, 3.63) is 106 Å². The number of hydrazine groups is 2. The summed E-state index contributed by atoms with van der Waals surface area (Å²) in [6.45, 7) is 2.10. The molecular weight excluding hydrogens is 554 g/mol. The molecule has 0 bridgehead atoms. The Morgan fingerprint density at radius 2 is 1.98 bits per heavy atom. The van der Waals surface area contributed by atoms with E-state index in [0.717, 1.165) is 24.8 Å². The third kappa shape index (κ3) is 5.27. The Morgan fingerprint density at radius 3 is 2.68 bits per heavy atom. The molecular formula is C30H27BCl2N8. The van der Waals surface area contributed by atoms with Gasteiger partial charge in [0.25, 0.3) is 0 Å². The summed E-state index contributed by atoms with van der Waals surface area (Å²) in [5, 5.41) is 20.5. The van der Waals surface area contributed by atoms with Crippen molar-refractivity contribution in [3.63, 3.8) is 0 Å². The van der Waals surface area contributed by atoms with Crippen molar-refractivity contribution in [2.24, 2.45) is 0 Å². The Bertz CT molecular complexity index is 1670. The molecule has 2 aromatic carbocycles. The van der Waals surface area contributed by atoms with E-state index in [1.807, 2.05) is 41.5 Å². The minimum atomic E-state index is -1.30. The van der Waals surface area contributed by atoms with Gasteiger partial charge in [-0.25, -0.2) is 4.98 Å². The van der Waals surface area contributed by atoms with Crippen LogP contribution in [-0.2, 0) is 5.44 Å². The Labute approximate surface area is 250 Å². The van der Waals surface area contributed by atoms with Crippen molar-refractivity contribution in [3.8, 4) is 6.07 Å². The molecule has 11 heteroatoms. The SMILES string of the molecule is [B]C(Nc1cc(Cl)c2ncc(C#N)c(N[C@H](CC)c3ccccc3)c2c1)(C1=CN(C2CC2)NN1)c1cccnc1Cl. The van der Waals surface area contributed by atoms with E-state index in [1.54, 1.807) is 24.5 Å². The number of nitriles is 1. The third-order valence-corrected chi connectivity index (χ3v) is 8.04. The van der Waals surface area contributed by atoms with Gasteiger partial charge in [-0.3, -0.25) is 9.99 Å². The molecule has 1 saturated carbocycles.